The van der Waals surface area contributed by atoms with Gasteiger partial charge >= 0.3 is 5.97 Å². The van der Waals surface area contributed by atoms with E-state index in [9.17, 15) is 19.7 Å². The second-order valence-corrected chi connectivity index (χ2v) is 7.55. The molecule has 0 saturated heterocycles. The van der Waals surface area contributed by atoms with Crippen LogP contribution in [0.2, 0.25) is 5.02 Å². The molecule has 0 N–H and O–H groups in total. The van der Waals surface area contributed by atoms with Crippen molar-refractivity contribution in [2.45, 2.75) is 39.7 Å². The zero-order valence-corrected chi connectivity index (χ0v) is 17.8. The third kappa shape index (κ3) is 6.23. The molecule has 0 bridgehead atoms. The number of hydrogen-bond donors (Lipinski definition) is 0. The predicted octanol–water partition coefficient (Wildman–Crippen LogP) is 4.71. The van der Waals surface area contributed by atoms with Crippen LogP contribution in [0.1, 0.15) is 59.0 Å². The molecule has 0 atom stereocenters. The first-order valence-corrected chi connectivity index (χ1v) is 10.5. The lowest BCUT2D eigenvalue weighted by Gasteiger charge is -2.21. The van der Waals surface area contributed by atoms with Crippen molar-refractivity contribution in [2.75, 3.05) is 13.2 Å². The number of nitrogens with zero attached hydrogens (tertiary/aromatic N) is 3. The highest BCUT2D eigenvalue weighted by Crippen LogP contribution is 2.26. The molecule has 0 unspecified atom stereocenters. The van der Waals surface area contributed by atoms with Crippen LogP contribution in [-0.4, -0.2) is 39.8 Å². The minimum atomic E-state index is -0.618. The van der Waals surface area contributed by atoms with Crippen LogP contribution in [0, 0.1) is 10.1 Å². The summed E-state index contributed by atoms with van der Waals surface area (Å²) >= 11 is 7.11. The molecule has 0 radical (unpaired) electrons. The molecule has 0 aliphatic rings. The number of ether oxygens (including phenoxy) is 1. The van der Waals surface area contributed by atoms with Gasteiger partial charge in [-0.3, -0.25) is 14.9 Å². The van der Waals surface area contributed by atoms with Crippen LogP contribution in [-0.2, 0) is 11.3 Å². The number of carbonyl (C=O) groups is 2. The third-order valence-electron chi connectivity index (χ3n) is 4.07. The number of esters is 1. The van der Waals surface area contributed by atoms with Crippen LogP contribution >= 0.6 is 22.9 Å². The summed E-state index contributed by atoms with van der Waals surface area (Å²) in [7, 11) is 0. The number of carbonyl (C=O) groups excluding carboxylic acids is 2. The molecule has 1 aromatic heterocycles. The van der Waals surface area contributed by atoms with Gasteiger partial charge in [0.1, 0.15) is 10.0 Å². The van der Waals surface area contributed by atoms with E-state index in [0.29, 0.717) is 11.6 Å². The van der Waals surface area contributed by atoms with E-state index in [1.165, 1.54) is 29.5 Å². The van der Waals surface area contributed by atoms with Gasteiger partial charge in [-0.15, -0.1) is 11.3 Å². The average molecular weight is 440 g/mol. The zero-order chi connectivity index (χ0) is 21.4. The van der Waals surface area contributed by atoms with Crippen molar-refractivity contribution >= 4 is 40.5 Å². The molecule has 0 aliphatic heterocycles. The van der Waals surface area contributed by atoms with E-state index in [1.54, 1.807) is 17.2 Å². The van der Waals surface area contributed by atoms with Crippen LogP contribution in [0.4, 0.5) is 5.69 Å². The molecule has 156 valence electrons. The Morgan fingerprint density at radius 1 is 1.31 bits per heavy atom. The third-order valence-corrected chi connectivity index (χ3v) is 5.22. The number of aromatic nitrogens is 1. The first-order chi connectivity index (χ1) is 13.9. The minimum Gasteiger partial charge on any atom is -0.461 e. The Labute approximate surface area is 177 Å². The lowest BCUT2D eigenvalue weighted by Crippen LogP contribution is -2.31. The Bertz CT molecular complexity index is 886. The molecular formula is C19H22ClN3O5S. The summed E-state index contributed by atoms with van der Waals surface area (Å²) < 4.78 is 4.94. The normalized spacial score (nSPS) is 10.6. The fourth-order valence-corrected chi connectivity index (χ4v) is 3.58. The van der Waals surface area contributed by atoms with Crippen molar-refractivity contribution in [3.8, 4) is 0 Å². The number of thiazole rings is 1. The summed E-state index contributed by atoms with van der Waals surface area (Å²) in [6.45, 7) is 4.69. The Hall–Kier alpha value is -2.52. The zero-order valence-electron chi connectivity index (χ0n) is 16.2. The highest BCUT2D eigenvalue weighted by atomic mass is 35.5. The van der Waals surface area contributed by atoms with Gasteiger partial charge in [0.15, 0.2) is 5.69 Å². The van der Waals surface area contributed by atoms with Gasteiger partial charge in [0, 0.05) is 23.6 Å². The second-order valence-electron chi connectivity index (χ2n) is 6.20. The van der Waals surface area contributed by atoms with Gasteiger partial charge in [-0.25, -0.2) is 9.78 Å². The number of benzene rings is 1. The number of nitro groups is 1. The van der Waals surface area contributed by atoms with Gasteiger partial charge in [-0.1, -0.05) is 31.4 Å². The van der Waals surface area contributed by atoms with Crippen molar-refractivity contribution in [1.82, 2.24) is 9.88 Å². The summed E-state index contributed by atoms with van der Waals surface area (Å²) in [6.07, 6.45) is 2.71. The van der Waals surface area contributed by atoms with Crippen LogP contribution in [0.15, 0.2) is 23.6 Å². The molecule has 10 heteroatoms. The Morgan fingerprint density at radius 3 is 2.72 bits per heavy atom. The van der Waals surface area contributed by atoms with E-state index in [0.717, 1.165) is 19.3 Å². The van der Waals surface area contributed by atoms with Crippen LogP contribution in [0.25, 0.3) is 0 Å². The lowest BCUT2D eigenvalue weighted by atomic mass is 10.1. The average Bonchev–Trinajstić information content (AvgIpc) is 3.16. The molecule has 8 nitrogen and oxygen atoms in total. The summed E-state index contributed by atoms with van der Waals surface area (Å²) in [6, 6.07) is 4.00. The van der Waals surface area contributed by atoms with Crippen LogP contribution < -0.4 is 0 Å². The summed E-state index contributed by atoms with van der Waals surface area (Å²) in [5.74, 6) is -0.860. The maximum Gasteiger partial charge on any atom is 0.357 e. The fraction of sp³-hybridized carbons (Fsp3) is 0.421. The van der Waals surface area contributed by atoms with Gasteiger partial charge in [0.25, 0.3) is 11.6 Å². The van der Waals surface area contributed by atoms with E-state index in [2.05, 4.69) is 11.9 Å². The first kappa shape index (κ1) is 22.8. The van der Waals surface area contributed by atoms with Crippen LogP contribution in [0.5, 0.6) is 0 Å². The Morgan fingerprint density at radius 2 is 2.07 bits per heavy atom. The minimum absolute atomic E-state index is 0.0249. The van der Waals surface area contributed by atoms with E-state index in [1.807, 2.05) is 0 Å². The highest BCUT2D eigenvalue weighted by molar-refractivity contribution is 7.09. The Kier molecular flexibility index (Phi) is 8.53. The molecule has 1 amide bonds. The van der Waals surface area contributed by atoms with Crippen molar-refractivity contribution < 1.29 is 19.2 Å². The largest absolute Gasteiger partial charge is 0.461 e. The molecule has 1 heterocycles. The number of unbranched alkanes of at least 4 members (excludes halogenated alkanes) is 2. The quantitative estimate of drug-likeness (QED) is 0.230. The van der Waals surface area contributed by atoms with Crippen molar-refractivity contribution in [1.29, 1.82) is 0 Å². The van der Waals surface area contributed by atoms with Crippen molar-refractivity contribution in [3.05, 3.63) is 55.0 Å². The summed E-state index contributed by atoms with van der Waals surface area (Å²) in [4.78, 5) is 41.2. The number of amides is 1. The first-order valence-electron chi connectivity index (χ1n) is 9.22. The molecule has 0 saturated carbocycles. The monoisotopic (exact) mass is 439 g/mol. The number of nitro benzene ring substituents is 1. The molecular weight excluding hydrogens is 418 g/mol. The maximum absolute atomic E-state index is 13.0. The van der Waals surface area contributed by atoms with Crippen molar-refractivity contribution in [3.63, 3.8) is 0 Å². The number of hydrogen-bond acceptors (Lipinski definition) is 7. The van der Waals surface area contributed by atoms with Gasteiger partial charge in [0.05, 0.1) is 18.1 Å². The van der Waals surface area contributed by atoms with E-state index in [4.69, 9.17) is 16.3 Å². The van der Waals surface area contributed by atoms with Gasteiger partial charge in [-0.05, 0) is 25.5 Å². The summed E-state index contributed by atoms with van der Waals surface area (Å²) in [5, 5.41) is 13.3. The number of halogens is 1. The van der Waals surface area contributed by atoms with Gasteiger partial charge < -0.3 is 9.64 Å². The smallest absolute Gasteiger partial charge is 0.357 e. The molecule has 0 spiro atoms. The van der Waals surface area contributed by atoms with Gasteiger partial charge in [0.2, 0.25) is 0 Å². The lowest BCUT2D eigenvalue weighted by molar-refractivity contribution is -0.384. The van der Waals surface area contributed by atoms with Gasteiger partial charge in [-0.2, -0.15) is 0 Å². The molecule has 0 aliphatic carbocycles. The fourth-order valence-electron chi connectivity index (χ4n) is 2.62. The van der Waals surface area contributed by atoms with E-state index in [-0.39, 0.29) is 41.0 Å². The molecule has 1 aromatic carbocycles. The predicted molar refractivity (Wildman–Crippen MR) is 110 cm³/mol. The van der Waals surface area contributed by atoms with Crippen molar-refractivity contribution in [2.24, 2.45) is 0 Å². The van der Waals surface area contributed by atoms with Crippen LogP contribution in [0.3, 0.4) is 0 Å². The topological polar surface area (TPSA) is 103 Å². The molecule has 0 fully saturated rings. The molecule has 29 heavy (non-hydrogen) atoms. The second kappa shape index (κ2) is 10.9. The molecule has 2 rings (SSSR count). The summed E-state index contributed by atoms with van der Waals surface area (Å²) in [5.41, 5.74) is 0.0691. The highest BCUT2D eigenvalue weighted by Gasteiger charge is 2.22. The number of rotatable bonds is 10. The SMILES string of the molecule is CCCCCN(Cc1nc(C(=O)OCC)cs1)C(=O)c1ccc(Cl)c([N+](=O)[O-])c1. The Balaban J connectivity index is 2.23. The molecule has 2 aromatic rings. The standard InChI is InChI=1S/C19H22ClN3O5S/c1-3-5-6-9-22(11-17-21-15(12-29-17)19(25)28-4-2)18(24)13-7-8-14(20)16(10-13)23(26)27/h7-8,10,12H,3-6,9,11H2,1-2H3. The maximum atomic E-state index is 13.0. The van der Waals surface area contributed by atoms with E-state index < -0.39 is 10.9 Å². The van der Waals surface area contributed by atoms with E-state index >= 15 is 0 Å².